The molecule has 1 amide bonds. The van der Waals surface area contributed by atoms with Gasteiger partial charge in [0.1, 0.15) is 16.9 Å². The number of nitrogens with one attached hydrogen (secondary N) is 1. The Hall–Kier alpha value is -1.34. The molecule has 1 unspecified atom stereocenters. The second-order valence-corrected chi connectivity index (χ2v) is 10.0. The van der Waals surface area contributed by atoms with Crippen LogP contribution in [0.3, 0.4) is 0 Å². The predicted molar refractivity (Wildman–Crippen MR) is 109 cm³/mol. The molecule has 1 heterocycles. The van der Waals surface area contributed by atoms with Gasteiger partial charge in [0.15, 0.2) is 0 Å². The maximum absolute atomic E-state index is 12.8. The number of amides is 1. The molecule has 1 saturated heterocycles. The first-order valence-electron chi connectivity index (χ1n) is 10.2. The first kappa shape index (κ1) is 24.7. The number of carbonyl (C=O) groups is 2. The van der Waals surface area contributed by atoms with Crippen LogP contribution in [-0.4, -0.2) is 60.1 Å². The number of hydrogen-bond donors (Lipinski definition) is 1. The second-order valence-electron chi connectivity index (χ2n) is 10.0. The van der Waals surface area contributed by atoms with Crippen LogP contribution < -0.4 is 5.32 Å². The summed E-state index contributed by atoms with van der Waals surface area (Å²) < 4.78 is 16.9. The molecule has 0 aromatic rings. The summed E-state index contributed by atoms with van der Waals surface area (Å²) in [5, 5.41) is 3.19. The monoisotopic (exact) mass is 400 g/mol. The van der Waals surface area contributed by atoms with Crippen molar-refractivity contribution in [3.8, 4) is 0 Å². The molecule has 164 valence electrons. The highest BCUT2D eigenvalue weighted by molar-refractivity contribution is 5.70. The van der Waals surface area contributed by atoms with Crippen molar-refractivity contribution in [2.45, 2.75) is 97.6 Å². The van der Waals surface area contributed by atoms with Crippen molar-refractivity contribution in [3.63, 3.8) is 0 Å². The maximum atomic E-state index is 12.8. The van der Waals surface area contributed by atoms with Gasteiger partial charge in [0.05, 0.1) is 12.6 Å². The number of esters is 1. The lowest BCUT2D eigenvalue weighted by Gasteiger charge is -2.36. The van der Waals surface area contributed by atoms with Crippen LogP contribution >= 0.6 is 0 Å². The van der Waals surface area contributed by atoms with Crippen LogP contribution in [0.25, 0.3) is 0 Å². The predicted octanol–water partition coefficient (Wildman–Crippen LogP) is 3.71. The summed E-state index contributed by atoms with van der Waals surface area (Å²) in [7, 11) is 1.89. The van der Waals surface area contributed by atoms with Crippen molar-refractivity contribution < 1.29 is 23.8 Å². The van der Waals surface area contributed by atoms with E-state index in [1.165, 1.54) is 0 Å². The molecule has 0 aromatic heterocycles. The van der Waals surface area contributed by atoms with Gasteiger partial charge in [-0.2, -0.15) is 0 Å². The minimum Gasteiger partial charge on any atom is -0.460 e. The van der Waals surface area contributed by atoms with Gasteiger partial charge in [0.2, 0.25) is 0 Å². The van der Waals surface area contributed by atoms with Crippen LogP contribution in [0.15, 0.2) is 0 Å². The van der Waals surface area contributed by atoms with Crippen molar-refractivity contribution in [1.82, 2.24) is 10.2 Å². The minimum absolute atomic E-state index is 0.0955. The molecule has 2 atom stereocenters. The second kappa shape index (κ2) is 9.44. The number of ether oxygens (including phenoxy) is 3. The summed E-state index contributed by atoms with van der Waals surface area (Å²) in [4.78, 5) is 26.6. The van der Waals surface area contributed by atoms with E-state index in [0.717, 1.165) is 13.0 Å². The van der Waals surface area contributed by atoms with E-state index in [0.29, 0.717) is 19.4 Å². The first-order chi connectivity index (χ1) is 12.6. The quantitative estimate of drug-likeness (QED) is 0.657. The normalized spacial score (nSPS) is 20.8. The molecule has 7 nitrogen and oxygen atoms in total. The van der Waals surface area contributed by atoms with E-state index in [4.69, 9.17) is 14.2 Å². The van der Waals surface area contributed by atoms with Gasteiger partial charge in [-0.3, -0.25) is 9.69 Å². The van der Waals surface area contributed by atoms with Gasteiger partial charge in [-0.25, -0.2) is 4.79 Å². The average Bonchev–Trinajstić information content (AvgIpc) is 2.76. The van der Waals surface area contributed by atoms with Gasteiger partial charge >= 0.3 is 12.1 Å². The summed E-state index contributed by atoms with van der Waals surface area (Å²) in [6.07, 6.45) is 1.41. The molecule has 0 aliphatic carbocycles. The lowest BCUT2D eigenvalue weighted by molar-refractivity contribution is -0.155. The lowest BCUT2D eigenvalue weighted by Crippen LogP contribution is -2.50. The molecule has 1 fully saturated rings. The Morgan fingerprint density at radius 2 is 1.71 bits per heavy atom. The van der Waals surface area contributed by atoms with E-state index in [1.54, 1.807) is 4.90 Å². The number of hydrogen-bond acceptors (Lipinski definition) is 6. The molecule has 0 radical (unpaired) electrons. The maximum Gasteiger partial charge on any atom is 0.412 e. The van der Waals surface area contributed by atoms with Gasteiger partial charge in [0, 0.05) is 6.42 Å². The van der Waals surface area contributed by atoms with E-state index in [9.17, 15) is 9.59 Å². The van der Waals surface area contributed by atoms with Crippen LogP contribution in [0.2, 0.25) is 0 Å². The van der Waals surface area contributed by atoms with E-state index in [1.807, 2.05) is 62.4 Å². The van der Waals surface area contributed by atoms with Crippen molar-refractivity contribution in [2.75, 3.05) is 20.2 Å². The molecule has 1 aliphatic heterocycles. The summed E-state index contributed by atoms with van der Waals surface area (Å²) in [6, 6.07) is -0.0955. The number of rotatable bonds is 7. The van der Waals surface area contributed by atoms with Crippen molar-refractivity contribution in [2.24, 2.45) is 5.92 Å². The molecule has 0 saturated carbocycles. The fourth-order valence-corrected chi connectivity index (χ4v) is 3.43. The topological polar surface area (TPSA) is 77.1 Å². The Kier molecular flexibility index (Phi) is 8.33. The molecule has 0 aromatic carbocycles. The molecule has 1 N–H and O–H groups in total. The molecule has 1 aliphatic rings. The van der Waals surface area contributed by atoms with Crippen molar-refractivity contribution in [3.05, 3.63) is 0 Å². The summed E-state index contributed by atoms with van der Waals surface area (Å²) in [5.41, 5.74) is -1.77. The zero-order valence-electron chi connectivity index (χ0n) is 19.2. The highest BCUT2D eigenvalue weighted by Gasteiger charge is 2.46. The highest BCUT2D eigenvalue weighted by Crippen LogP contribution is 2.33. The van der Waals surface area contributed by atoms with Crippen LogP contribution in [0.5, 0.6) is 0 Å². The minimum atomic E-state index is -0.720. The molecular weight excluding hydrogens is 360 g/mol. The van der Waals surface area contributed by atoms with E-state index >= 15 is 0 Å². The van der Waals surface area contributed by atoms with Gasteiger partial charge in [0.25, 0.3) is 0 Å². The van der Waals surface area contributed by atoms with Gasteiger partial charge < -0.3 is 19.5 Å². The number of nitrogens with zero attached hydrogens (tertiary/aromatic N) is 1. The SMILES string of the molecule is CNC[C@@H](CCC(=O)OC(C)(C)C)CC1COC(C)(C)N1C(=O)OC(C)(C)C. The highest BCUT2D eigenvalue weighted by atomic mass is 16.6. The first-order valence-corrected chi connectivity index (χ1v) is 10.2. The van der Waals surface area contributed by atoms with Crippen LogP contribution in [0.4, 0.5) is 4.79 Å². The number of carbonyl (C=O) groups excluding carboxylic acids is 2. The molecule has 0 bridgehead atoms. The Bertz CT molecular complexity index is 534. The van der Waals surface area contributed by atoms with Gasteiger partial charge in [-0.05, 0) is 87.7 Å². The van der Waals surface area contributed by atoms with Crippen molar-refractivity contribution >= 4 is 12.1 Å². The summed E-state index contributed by atoms with van der Waals surface area (Å²) in [6.45, 7) is 16.1. The van der Waals surface area contributed by atoms with Crippen molar-refractivity contribution in [1.29, 1.82) is 0 Å². The third-order valence-corrected chi connectivity index (χ3v) is 4.44. The zero-order valence-corrected chi connectivity index (χ0v) is 19.2. The molecule has 7 heteroatoms. The van der Waals surface area contributed by atoms with Crippen LogP contribution in [-0.2, 0) is 19.0 Å². The van der Waals surface area contributed by atoms with Gasteiger partial charge in [-0.15, -0.1) is 0 Å². The Morgan fingerprint density at radius 1 is 1.14 bits per heavy atom. The molecule has 28 heavy (non-hydrogen) atoms. The Balaban J connectivity index is 2.78. The zero-order chi connectivity index (χ0) is 21.8. The molecule has 1 rings (SSSR count). The fraction of sp³-hybridized carbons (Fsp3) is 0.905. The smallest absolute Gasteiger partial charge is 0.412 e. The summed E-state index contributed by atoms with van der Waals surface area (Å²) in [5.74, 6) is 0.0190. The third kappa shape index (κ3) is 8.35. The largest absolute Gasteiger partial charge is 0.460 e. The molecule has 0 spiro atoms. The fourth-order valence-electron chi connectivity index (χ4n) is 3.43. The van der Waals surface area contributed by atoms with E-state index in [2.05, 4.69) is 5.32 Å². The van der Waals surface area contributed by atoms with E-state index < -0.39 is 16.9 Å². The Morgan fingerprint density at radius 3 is 2.21 bits per heavy atom. The standard InChI is InChI=1S/C21H40N2O5/c1-19(2,3)27-17(24)11-10-15(13-22-9)12-16-14-26-21(7,8)23(16)18(25)28-20(4,5)6/h15-16,22H,10-14H2,1-9H3/t15-,16?/m0/s1. The van der Waals surface area contributed by atoms with Crippen LogP contribution in [0.1, 0.15) is 74.7 Å². The lowest BCUT2D eigenvalue weighted by atomic mass is 9.94. The summed E-state index contributed by atoms with van der Waals surface area (Å²) >= 11 is 0. The van der Waals surface area contributed by atoms with Gasteiger partial charge in [-0.1, -0.05) is 0 Å². The average molecular weight is 401 g/mol. The Labute approximate surface area is 170 Å². The third-order valence-electron chi connectivity index (χ3n) is 4.44. The molecular formula is C21H40N2O5. The van der Waals surface area contributed by atoms with E-state index in [-0.39, 0.29) is 24.0 Å². The van der Waals surface area contributed by atoms with Crippen LogP contribution in [0, 0.1) is 5.92 Å².